The molecular formula is C16H20F3N5O. The van der Waals surface area contributed by atoms with Gasteiger partial charge in [-0.15, -0.1) is 13.2 Å². The predicted octanol–water partition coefficient (Wildman–Crippen LogP) is 3.22. The molecule has 9 heteroatoms. The van der Waals surface area contributed by atoms with Crippen LogP contribution in [0.4, 0.5) is 18.9 Å². The number of aliphatic imine (C=N–C) groups is 1. The number of hydrogen-bond donors (Lipinski definition) is 2. The lowest BCUT2D eigenvalue weighted by Gasteiger charge is -2.14. The number of nitrogens with zero attached hydrogens (tertiary/aromatic N) is 3. The molecule has 25 heavy (non-hydrogen) atoms. The SMILES string of the molecule is Cc1cc(C)n(CCCN=C(N)Nc2ccccc2OC(F)(F)F)n1. The number of aryl methyl sites for hydroxylation is 3. The smallest absolute Gasteiger partial charge is 0.404 e. The van der Waals surface area contributed by atoms with Crippen LogP contribution in [-0.4, -0.2) is 28.6 Å². The third kappa shape index (κ3) is 6.02. The van der Waals surface area contributed by atoms with E-state index in [-0.39, 0.29) is 17.4 Å². The summed E-state index contributed by atoms with van der Waals surface area (Å²) >= 11 is 0. The fourth-order valence-corrected chi connectivity index (χ4v) is 2.28. The predicted molar refractivity (Wildman–Crippen MR) is 89.6 cm³/mol. The standard InChI is InChI=1S/C16H20F3N5O/c1-11-10-12(2)24(23-11)9-5-8-21-15(20)22-13-6-3-4-7-14(13)25-16(17,18)19/h3-4,6-7,10H,5,8-9H2,1-2H3,(H3,20,21,22). The summed E-state index contributed by atoms with van der Waals surface area (Å²) in [6, 6.07) is 7.62. The molecule has 0 unspecified atom stereocenters. The van der Waals surface area contributed by atoms with Gasteiger partial charge in [0.2, 0.25) is 0 Å². The lowest BCUT2D eigenvalue weighted by Crippen LogP contribution is -2.24. The fraction of sp³-hybridized carbons (Fsp3) is 0.375. The molecule has 1 aromatic heterocycles. The molecule has 0 aliphatic carbocycles. The Bertz CT molecular complexity index is 740. The van der Waals surface area contributed by atoms with Crippen molar-refractivity contribution >= 4 is 11.6 Å². The maximum absolute atomic E-state index is 12.4. The van der Waals surface area contributed by atoms with E-state index in [9.17, 15) is 13.2 Å². The summed E-state index contributed by atoms with van der Waals surface area (Å²) in [4.78, 5) is 4.11. The maximum Gasteiger partial charge on any atom is 0.573 e. The molecule has 0 atom stereocenters. The third-order valence-corrected chi connectivity index (χ3v) is 3.29. The third-order valence-electron chi connectivity index (χ3n) is 3.29. The van der Waals surface area contributed by atoms with Gasteiger partial charge in [0.15, 0.2) is 11.7 Å². The second-order valence-electron chi connectivity index (χ2n) is 5.44. The van der Waals surface area contributed by atoms with Gasteiger partial charge in [0.05, 0.1) is 11.4 Å². The quantitative estimate of drug-likeness (QED) is 0.474. The van der Waals surface area contributed by atoms with E-state index < -0.39 is 6.36 Å². The molecule has 0 radical (unpaired) electrons. The molecule has 2 rings (SSSR count). The first-order valence-electron chi connectivity index (χ1n) is 7.67. The second-order valence-corrected chi connectivity index (χ2v) is 5.44. The highest BCUT2D eigenvalue weighted by Gasteiger charge is 2.32. The zero-order valence-electron chi connectivity index (χ0n) is 14.0. The average molecular weight is 355 g/mol. The Kier molecular flexibility index (Phi) is 5.89. The van der Waals surface area contributed by atoms with E-state index in [2.05, 4.69) is 20.1 Å². The monoisotopic (exact) mass is 355 g/mol. The lowest BCUT2D eigenvalue weighted by molar-refractivity contribution is -0.274. The highest BCUT2D eigenvalue weighted by Crippen LogP contribution is 2.29. The molecular weight excluding hydrogens is 335 g/mol. The van der Waals surface area contributed by atoms with Gasteiger partial charge in [0.25, 0.3) is 0 Å². The largest absolute Gasteiger partial charge is 0.573 e. The van der Waals surface area contributed by atoms with Gasteiger partial charge in [-0.05, 0) is 38.5 Å². The van der Waals surface area contributed by atoms with Crippen molar-refractivity contribution in [3.05, 3.63) is 41.7 Å². The molecule has 0 fully saturated rings. The van der Waals surface area contributed by atoms with Crippen LogP contribution < -0.4 is 15.8 Å². The van der Waals surface area contributed by atoms with E-state index in [4.69, 9.17) is 5.73 Å². The van der Waals surface area contributed by atoms with E-state index >= 15 is 0 Å². The highest BCUT2D eigenvalue weighted by atomic mass is 19.4. The van der Waals surface area contributed by atoms with Gasteiger partial charge in [0, 0.05) is 18.8 Å². The van der Waals surface area contributed by atoms with Crippen molar-refractivity contribution in [3.63, 3.8) is 0 Å². The summed E-state index contributed by atoms with van der Waals surface area (Å²) < 4.78 is 43.0. The molecule has 0 amide bonds. The Balaban J connectivity index is 1.90. The highest BCUT2D eigenvalue weighted by molar-refractivity contribution is 5.93. The van der Waals surface area contributed by atoms with Gasteiger partial charge in [-0.25, -0.2) is 0 Å². The summed E-state index contributed by atoms with van der Waals surface area (Å²) in [6.45, 7) is 4.99. The van der Waals surface area contributed by atoms with Crippen molar-refractivity contribution in [2.24, 2.45) is 10.7 Å². The number of hydrogen-bond acceptors (Lipinski definition) is 3. The van der Waals surface area contributed by atoms with Crippen LogP contribution in [0, 0.1) is 13.8 Å². The van der Waals surface area contributed by atoms with Crippen LogP contribution >= 0.6 is 0 Å². The molecule has 2 aromatic rings. The summed E-state index contributed by atoms with van der Waals surface area (Å²) in [6.07, 6.45) is -4.07. The zero-order valence-corrected chi connectivity index (χ0v) is 14.0. The topological polar surface area (TPSA) is 77.5 Å². The summed E-state index contributed by atoms with van der Waals surface area (Å²) in [7, 11) is 0. The minimum atomic E-state index is -4.77. The first kappa shape index (κ1) is 18.6. The summed E-state index contributed by atoms with van der Waals surface area (Å²) in [5.41, 5.74) is 7.84. The minimum absolute atomic E-state index is 0.0200. The number of nitrogens with one attached hydrogen (secondary N) is 1. The van der Waals surface area contributed by atoms with Crippen molar-refractivity contribution in [2.75, 3.05) is 11.9 Å². The van der Waals surface area contributed by atoms with Crippen molar-refractivity contribution < 1.29 is 17.9 Å². The van der Waals surface area contributed by atoms with Crippen molar-refractivity contribution in [1.29, 1.82) is 0 Å². The van der Waals surface area contributed by atoms with Crippen LogP contribution in [0.2, 0.25) is 0 Å². The molecule has 0 aliphatic rings. The van der Waals surface area contributed by atoms with Crippen molar-refractivity contribution in [3.8, 4) is 5.75 Å². The van der Waals surface area contributed by atoms with E-state index in [1.807, 2.05) is 24.6 Å². The van der Waals surface area contributed by atoms with E-state index in [0.717, 1.165) is 11.4 Å². The maximum atomic E-state index is 12.4. The molecule has 136 valence electrons. The van der Waals surface area contributed by atoms with Crippen LogP contribution in [0.3, 0.4) is 0 Å². The molecule has 0 aliphatic heterocycles. The number of rotatable bonds is 6. The number of alkyl halides is 3. The van der Waals surface area contributed by atoms with Crippen LogP contribution in [0.15, 0.2) is 35.3 Å². The summed E-state index contributed by atoms with van der Waals surface area (Å²) in [5.74, 6) is -0.345. The van der Waals surface area contributed by atoms with Gasteiger partial charge in [-0.2, -0.15) is 5.10 Å². The second kappa shape index (κ2) is 7.91. The number of aromatic nitrogens is 2. The Hall–Kier alpha value is -2.71. The molecule has 1 heterocycles. The Morgan fingerprint density at radius 3 is 2.68 bits per heavy atom. The van der Waals surface area contributed by atoms with Crippen LogP contribution in [0.25, 0.3) is 0 Å². The van der Waals surface area contributed by atoms with Crippen LogP contribution in [-0.2, 0) is 6.54 Å². The van der Waals surface area contributed by atoms with Gasteiger partial charge < -0.3 is 15.8 Å². The van der Waals surface area contributed by atoms with Crippen molar-refractivity contribution in [1.82, 2.24) is 9.78 Å². The van der Waals surface area contributed by atoms with Gasteiger partial charge >= 0.3 is 6.36 Å². The fourth-order valence-electron chi connectivity index (χ4n) is 2.28. The number of para-hydroxylation sites is 2. The first-order chi connectivity index (χ1) is 11.7. The number of halogens is 3. The minimum Gasteiger partial charge on any atom is -0.404 e. The Labute approximate surface area is 143 Å². The molecule has 1 aromatic carbocycles. The van der Waals surface area contributed by atoms with E-state index in [1.54, 1.807) is 6.07 Å². The van der Waals surface area contributed by atoms with Crippen molar-refractivity contribution in [2.45, 2.75) is 33.2 Å². The average Bonchev–Trinajstić information content (AvgIpc) is 2.82. The van der Waals surface area contributed by atoms with E-state index in [0.29, 0.717) is 19.5 Å². The Morgan fingerprint density at radius 2 is 2.04 bits per heavy atom. The van der Waals surface area contributed by atoms with Gasteiger partial charge in [0.1, 0.15) is 0 Å². The Morgan fingerprint density at radius 1 is 1.32 bits per heavy atom. The number of ether oxygens (including phenoxy) is 1. The number of nitrogens with two attached hydrogens (primary N) is 1. The zero-order chi connectivity index (χ0) is 18.4. The lowest BCUT2D eigenvalue weighted by atomic mass is 10.3. The number of benzene rings is 1. The molecule has 0 saturated carbocycles. The molecule has 3 N–H and O–H groups in total. The number of anilines is 1. The van der Waals surface area contributed by atoms with Gasteiger partial charge in [-0.1, -0.05) is 12.1 Å². The molecule has 0 bridgehead atoms. The molecule has 0 saturated heterocycles. The van der Waals surface area contributed by atoms with Gasteiger partial charge in [-0.3, -0.25) is 9.67 Å². The van der Waals surface area contributed by atoms with Crippen LogP contribution in [0.5, 0.6) is 5.75 Å². The molecule has 6 nitrogen and oxygen atoms in total. The molecule has 0 spiro atoms. The van der Waals surface area contributed by atoms with E-state index in [1.165, 1.54) is 18.2 Å². The normalized spacial score (nSPS) is 12.3. The van der Waals surface area contributed by atoms with Crippen LogP contribution in [0.1, 0.15) is 17.8 Å². The number of guanidine groups is 1. The first-order valence-corrected chi connectivity index (χ1v) is 7.67. The summed E-state index contributed by atoms with van der Waals surface area (Å²) in [5, 5.41) is 6.97.